The maximum absolute atomic E-state index is 13.6. The number of carbonyl (C=O) groups is 2. The summed E-state index contributed by atoms with van der Waals surface area (Å²) in [6.07, 6.45) is 0. The molecule has 1 N–H and O–H groups in total. The summed E-state index contributed by atoms with van der Waals surface area (Å²) in [6, 6.07) is 11.3. The molecule has 192 valence electrons. The highest BCUT2D eigenvalue weighted by molar-refractivity contribution is 9.10. The van der Waals surface area contributed by atoms with Crippen molar-refractivity contribution in [3.05, 3.63) is 64.4 Å². The van der Waals surface area contributed by atoms with Crippen molar-refractivity contribution in [2.75, 3.05) is 31.5 Å². The van der Waals surface area contributed by atoms with E-state index in [0.717, 1.165) is 30.8 Å². The first kappa shape index (κ1) is 28.7. The van der Waals surface area contributed by atoms with E-state index in [9.17, 15) is 22.4 Å². The summed E-state index contributed by atoms with van der Waals surface area (Å²) in [7, 11) is -1.40. The minimum atomic E-state index is -4.09. The highest BCUT2D eigenvalue weighted by atomic mass is 79.9. The van der Waals surface area contributed by atoms with E-state index in [1.165, 1.54) is 31.1 Å². The molecule has 2 aromatic rings. The number of hydrogen-bond donors (Lipinski definition) is 1. The van der Waals surface area contributed by atoms with Gasteiger partial charge in [0.05, 0.1) is 5.69 Å². The second-order valence-corrected chi connectivity index (χ2v) is 11.7. The standard InChI is InChI=1S/C24H32BrFN4O4S/c1-17(2)14-27-24(32)18(3)29(15-19-6-8-20(25)9-7-19)23(31)16-30(35(33,34)28(4)5)22-12-10-21(26)11-13-22/h6-13,17-18H,14-16H2,1-5H3,(H,27,32)/t18-/m0/s1. The number of nitrogens with one attached hydrogen (secondary N) is 1. The monoisotopic (exact) mass is 570 g/mol. The molecule has 2 amide bonds. The highest BCUT2D eigenvalue weighted by Gasteiger charge is 2.32. The first-order valence-electron chi connectivity index (χ1n) is 11.1. The van der Waals surface area contributed by atoms with E-state index in [1.807, 2.05) is 38.1 Å². The Labute approximate surface area is 215 Å². The number of benzene rings is 2. The van der Waals surface area contributed by atoms with Crippen LogP contribution in [0.1, 0.15) is 26.3 Å². The Morgan fingerprint density at radius 2 is 1.57 bits per heavy atom. The second-order valence-electron chi connectivity index (χ2n) is 8.74. The smallest absolute Gasteiger partial charge is 0.304 e. The summed E-state index contributed by atoms with van der Waals surface area (Å²) in [5, 5.41) is 2.83. The lowest BCUT2D eigenvalue weighted by Gasteiger charge is -2.33. The first-order valence-corrected chi connectivity index (χ1v) is 13.3. The van der Waals surface area contributed by atoms with Gasteiger partial charge in [-0.3, -0.25) is 9.59 Å². The van der Waals surface area contributed by atoms with Crippen LogP contribution in [0.3, 0.4) is 0 Å². The van der Waals surface area contributed by atoms with Gasteiger partial charge in [-0.15, -0.1) is 0 Å². The Balaban J connectivity index is 2.41. The maximum atomic E-state index is 13.6. The van der Waals surface area contributed by atoms with Crippen molar-refractivity contribution >= 4 is 43.6 Å². The van der Waals surface area contributed by atoms with E-state index in [0.29, 0.717) is 6.54 Å². The van der Waals surface area contributed by atoms with Crippen LogP contribution in [0, 0.1) is 11.7 Å². The molecule has 0 aliphatic heterocycles. The van der Waals surface area contributed by atoms with Gasteiger partial charge in [0.25, 0.3) is 0 Å². The van der Waals surface area contributed by atoms with E-state index in [1.54, 1.807) is 6.92 Å². The first-order chi connectivity index (χ1) is 16.3. The molecule has 0 saturated carbocycles. The molecule has 0 aromatic heterocycles. The van der Waals surface area contributed by atoms with Gasteiger partial charge in [0.15, 0.2) is 0 Å². The van der Waals surface area contributed by atoms with Crippen molar-refractivity contribution in [3.8, 4) is 0 Å². The summed E-state index contributed by atoms with van der Waals surface area (Å²) in [5.74, 6) is -1.22. The Hall–Kier alpha value is -2.50. The predicted molar refractivity (Wildman–Crippen MR) is 138 cm³/mol. The van der Waals surface area contributed by atoms with Crippen LogP contribution in [0.5, 0.6) is 0 Å². The van der Waals surface area contributed by atoms with E-state index in [2.05, 4.69) is 21.2 Å². The van der Waals surface area contributed by atoms with Crippen LogP contribution in [0.25, 0.3) is 0 Å². The second kappa shape index (κ2) is 12.5. The van der Waals surface area contributed by atoms with Crippen LogP contribution >= 0.6 is 15.9 Å². The molecule has 2 rings (SSSR count). The van der Waals surface area contributed by atoms with Crippen LogP contribution in [-0.2, 0) is 26.3 Å². The SMILES string of the molecule is CC(C)CNC(=O)[C@H](C)N(Cc1ccc(Br)cc1)C(=O)CN(c1ccc(F)cc1)S(=O)(=O)N(C)C. The number of nitrogens with zero attached hydrogens (tertiary/aromatic N) is 3. The summed E-state index contributed by atoms with van der Waals surface area (Å²) in [4.78, 5) is 27.7. The molecule has 8 nitrogen and oxygen atoms in total. The quantitative estimate of drug-likeness (QED) is 0.448. The molecule has 1 atom stereocenters. The van der Waals surface area contributed by atoms with Gasteiger partial charge in [-0.1, -0.05) is 41.9 Å². The zero-order valence-corrected chi connectivity index (χ0v) is 22.9. The minimum Gasteiger partial charge on any atom is -0.354 e. The van der Waals surface area contributed by atoms with Gasteiger partial charge < -0.3 is 10.2 Å². The lowest BCUT2D eigenvalue weighted by atomic mass is 10.1. The van der Waals surface area contributed by atoms with Crippen LogP contribution in [0.4, 0.5) is 10.1 Å². The van der Waals surface area contributed by atoms with Gasteiger partial charge in [-0.2, -0.15) is 12.7 Å². The molecule has 0 fully saturated rings. The van der Waals surface area contributed by atoms with Gasteiger partial charge in [0.1, 0.15) is 18.4 Å². The summed E-state index contributed by atoms with van der Waals surface area (Å²) in [6.45, 7) is 5.51. The van der Waals surface area contributed by atoms with Gasteiger partial charge >= 0.3 is 10.2 Å². The summed E-state index contributed by atoms with van der Waals surface area (Å²) in [5.41, 5.74) is 0.905. The Morgan fingerprint density at radius 1 is 1.00 bits per heavy atom. The van der Waals surface area contributed by atoms with E-state index in [4.69, 9.17) is 0 Å². The van der Waals surface area contributed by atoms with Crippen LogP contribution in [0.15, 0.2) is 53.0 Å². The largest absolute Gasteiger partial charge is 0.354 e. The Kier molecular flexibility index (Phi) is 10.2. The number of rotatable bonds is 11. The van der Waals surface area contributed by atoms with Crippen molar-refractivity contribution in [1.29, 1.82) is 0 Å². The fraction of sp³-hybridized carbons (Fsp3) is 0.417. The third-order valence-electron chi connectivity index (χ3n) is 5.25. The molecule has 0 spiro atoms. The molecular weight excluding hydrogens is 539 g/mol. The normalized spacial score (nSPS) is 12.5. The zero-order chi connectivity index (χ0) is 26.3. The van der Waals surface area contributed by atoms with Crippen molar-refractivity contribution < 1.29 is 22.4 Å². The Morgan fingerprint density at radius 3 is 2.09 bits per heavy atom. The molecule has 0 bridgehead atoms. The molecule has 11 heteroatoms. The topological polar surface area (TPSA) is 90.0 Å². The molecular formula is C24H32BrFN4O4S. The third-order valence-corrected chi connectivity index (χ3v) is 7.60. The number of halogens is 2. The Bertz CT molecular complexity index is 1110. The van der Waals surface area contributed by atoms with Gasteiger partial charge in [-0.05, 0) is 54.8 Å². The number of anilines is 1. The minimum absolute atomic E-state index is 0.0989. The molecule has 0 heterocycles. The van der Waals surface area contributed by atoms with Crippen LogP contribution < -0.4 is 9.62 Å². The fourth-order valence-electron chi connectivity index (χ4n) is 3.15. The van der Waals surface area contributed by atoms with Crippen molar-refractivity contribution in [2.24, 2.45) is 5.92 Å². The molecule has 0 aliphatic carbocycles. The zero-order valence-electron chi connectivity index (χ0n) is 20.5. The van der Waals surface area contributed by atoms with E-state index < -0.39 is 34.5 Å². The molecule has 0 radical (unpaired) electrons. The summed E-state index contributed by atoms with van der Waals surface area (Å²) < 4.78 is 42.3. The maximum Gasteiger partial charge on any atom is 0.304 e. The van der Waals surface area contributed by atoms with Gasteiger partial charge in [0.2, 0.25) is 11.8 Å². The van der Waals surface area contributed by atoms with Crippen molar-refractivity contribution in [2.45, 2.75) is 33.4 Å². The molecule has 35 heavy (non-hydrogen) atoms. The average Bonchev–Trinajstić information content (AvgIpc) is 2.80. The van der Waals surface area contributed by atoms with Crippen molar-refractivity contribution in [1.82, 2.24) is 14.5 Å². The van der Waals surface area contributed by atoms with Crippen LogP contribution in [-0.4, -0.2) is 62.7 Å². The van der Waals surface area contributed by atoms with Gasteiger partial charge in [0, 0.05) is 31.7 Å². The van der Waals surface area contributed by atoms with Crippen molar-refractivity contribution in [3.63, 3.8) is 0 Å². The fourth-order valence-corrected chi connectivity index (χ4v) is 4.47. The lowest BCUT2D eigenvalue weighted by molar-refractivity contribution is -0.139. The number of amides is 2. The molecule has 0 unspecified atom stereocenters. The van der Waals surface area contributed by atoms with E-state index >= 15 is 0 Å². The molecule has 2 aromatic carbocycles. The number of carbonyl (C=O) groups excluding carboxylic acids is 2. The molecule has 0 aliphatic rings. The predicted octanol–water partition coefficient (Wildman–Crippen LogP) is 3.39. The lowest BCUT2D eigenvalue weighted by Crippen LogP contribution is -2.52. The third kappa shape index (κ3) is 8.01. The highest BCUT2D eigenvalue weighted by Crippen LogP contribution is 2.21. The summed E-state index contributed by atoms with van der Waals surface area (Å²) >= 11 is 3.38. The molecule has 0 saturated heterocycles. The average molecular weight is 572 g/mol. The van der Waals surface area contributed by atoms with Gasteiger partial charge in [-0.25, -0.2) is 8.70 Å². The van der Waals surface area contributed by atoms with Crippen LogP contribution in [0.2, 0.25) is 0 Å². The number of hydrogen-bond acceptors (Lipinski definition) is 4. The van der Waals surface area contributed by atoms with E-state index in [-0.39, 0.29) is 24.1 Å².